The number of esters is 2. The fourth-order valence-electron chi connectivity index (χ4n) is 13.7. The van der Waals surface area contributed by atoms with Crippen molar-refractivity contribution in [3.05, 3.63) is 316 Å². The number of nitrogens with zero attached hydrogens (tertiary/aromatic N) is 6. The Bertz CT molecular complexity index is 6290. The SMILES string of the molecule is CC1(C)OB(c2cc(C3CCOCC3)cnc2N)OC1(C)C.CI.COC(=O)c1c(F)cc(Cl)cc1C#N.COC(=O)c1c(F)cc(Cl)cc1I.N#Cc1cc(-c2cc(C3CCOCC3)cnc2N)cc(F)c1C(=O)NCc1ccccc1.N#Cc1cc(-c2cc(C3CCOCC3)cnc2N)cc(F)c1C(=O)O.NCc1ccccc1.O=C(O)c1c(F)cc(Cl)cc1I.O=C(O)c1ccc(Cl)cc1F.[2H]CF. The summed E-state index contributed by atoms with van der Waals surface area (Å²) >= 11 is 27.7. The summed E-state index contributed by atoms with van der Waals surface area (Å²) < 4.78 is 135. The summed E-state index contributed by atoms with van der Waals surface area (Å²) in [5.41, 5.74) is 28.0. The second-order valence-corrected chi connectivity index (χ2v) is 35.2. The summed E-state index contributed by atoms with van der Waals surface area (Å²) in [7, 11) is 0.849. The molecule has 0 radical (unpaired) electrons. The minimum Gasteiger partial charge on any atom is -0.478 e. The Labute approximate surface area is 872 Å². The van der Waals surface area contributed by atoms with E-state index in [1.54, 1.807) is 47.1 Å². The molecule has 4 fully saturated rings. The van der Waals surface area contributed by atoms with E-state index in [-0.39, 0.29) is 99.9 Å². The number of hydrogen-bond donors (Lipinski definition) is 8. The Kier molecular flexibility index (Phi) is 48.1. The molecule has 3 aromatic heterocycles. The topological polar surface area (TPSA) is 454 Å². The molecular formula is C99H96BCl4F7I3N11O16. The molecule has 11 aromatic rings. The average molecular weight is 2360 g/mol. The molecule has 0 aliphatic carbocycles. The van der Waals surface area contributed by atoms with Crippen molar-refractivity contribution in [3.63, 3.8) is 0 Å². The van der Waals surface area contributed by atoms with Crippen LogP contribution >= 0.6 is 114 Å². The standard InChI is InChI=1S/C25H23FN4O2.C18H16FN3O3.C16H25BN2O3.C9H5ClFNO2.C8H5ClFIO2.C7H3ClFIO2.C7H4ClFO2.C7H9N.CH3F.CH3I/c26-22-12-18(21-11-20(15-29-24(21)28)17-6-8-32-9-7-17)10-19(13-27)23(22)25(31)30-14-16-4-2-1-3-5-16;19-15-7-11(5-12(8-20)16(15)18(23)24)14-6-13(9-22-17(14)21)10-1-3-25-4-2-10;1-15(2)16(3,4)22-17(21-15)13-9-12(10-19-14(13)18)11-5-7-20-8-6-11;1-14-9(13)8-5(4-12)2-6(10)3-7(8)11;1-13-8(12)7-5(10)2-4(9)3-6(7)11;8-3-1-4(9)6(7(11)12)5(10)2-3;8-4-1-2-5(7(10)11)6(9)3-4;8-6-7-4-2-1-3-5-7;2*1-2/h1-5,10-12,15,17H,6-9,14H2,(H2,28,29)(H,30,31);5-7,9-10H,1-4H2,(H2,21,22)(H,23,24);9-11H,5-8H2,1-4H3,(H2,18,19);2-3H,1H3;2-3H,1H3;1-2H,(H,11,12);1-3H,(H,10,11);1-5H,6,8H2;2*1H3/i;;;;;;;;1D;. The van der Waals surface area contributed by atoms with E-state index in [9.17, 15) is 60.4 Å². The van der Waals surface area contributed by atoms with Crippen molar-refractivity contribution in [3.8, 4) is 40.5 Å². The molecule has 42 heteroatoms. The first-order chi connectivity index (χ1) is 67.5. The number of nitrogens with one attached hydrogen (secondary N) is 1. The van der Waals surface area contributed by atoms with Gasteiger partial charge in [0, 0.05) is 115 Å². The van der Waals surface area contributed by atoms with E-state index in [1.807, 2.05) is 140 Å². The van der Waals surface area contributed by atoms with Crippen LogP contribution in [-0.2, 0) is 46.1 Å². The van der Waals surface area contributed by atoms with E-state index in [4.69, 9.17) is 120 Å². The van der Waals surface area contributed by atoms with Crippen molar-refractivity contribution in [2.75, 3.05) is 83.1 Å². The molecule has 7 heterocycles. The van der Waals surface area contributed by atoms with Gasteiger partial charge in [-0.25, -0.2) is 65.3 Å². The maximum atomic E-state index is 15.1. The highest BCUT2D eigenvalue weighted by atomic mass is 127. The van der Waals surface area contributed by atoms with Gasteiger partial charge in [0.15, 0.2) is 0 Å². The molecule has 8 aromatic carbocycles. The van der Waals surface area contributed by atoms with E-state index in [0.717, 1.165) is 117 Å². The van der Waals surface area contributed by atoms with Crippen LogP contribution in [0.1, 0.15) is 192 Å². The van der Waals surface area contributed by atoms with Crippen LogP contribution < -0.4 is 33.7 Å². The number of hydrogen-bond acceptors (Lipinski definition) is 23. The van der Waals surface area contributed by atoms with Crippen molar-refractivity contribution in [2.24, 2.45) is 5.73 Å². The number of nitrogen functional groups attached to an aromatic ring is 3. The summed E-state index contributed by atoms with van der Waals surface area (Å²) in [6.45, 7) is 13.4. The molecule has 141 heavy (non-hydrogen) atoms. The maximum absolute atomic E-state index is 15.1. The summed E-state index contributed by atoms with van der Waals surface area (Å²) in [5.74, 6) is -9.23. The van der Waals surface area contributed by atoms with Gasteiger partial charge in [0.2, 0.25) is 0 Å². The number of carbonyl (C=O) groups excluding carboxylic acids is 3. The molecular weight excluding hydrogens is 2270 g/mol. The predicted molar refractivity (Wildman–Crippen MR) is 549 cm³/mol. The number of carboxylic acids is 3. The lowest BCUT2D eigenvalue weighted by atomic mass is 9.77. The van der Waals surface area contributed by atoms with Crippen LogP contribution in [0.4, 0.5) is 48.2 Å². The Morgan fingerprint density at radius 1 is 0.482 bits per heavy atom. The molecule has 1 amide bonds. The van der Waals surface area contributed by atoms with Crippen LogP contribution in [0.15, 0.2) is 176 Å². The monoisotopic (exact) mass is 2360 g/mol. The number of methoxy groups -OCH3 is 2. The third-order valence-electron chi connectivity index (χ3n) is 21.6. The van der Waals surface area contributed by atoms with Gasteiger partial charge in [-0.3, -0.25) is 9.18 Å². The van der Waals surface area contributed by atoms with Gasteiger partial charge in [-0.15, -0.1) is 0 Å². The van der Waals surface area contributed by atoms with E-state index in [0.29, 0.717) is 80.0 Å². The summed E-state index contributed by atoms with van der Waals surface area (Å²) in [6, 6.07) is 46.1. The van der Waals surface area contributed by atoms with Gasteiger partial charge in [0.05, 0.1) is 61.8 Å². The van der Waals surface area contributed by atoms with Crippen LogP contribution in [0.3, 0.4) is 0 Å². The molecule has 0 saturated carbocycles. The summed E-state index contributed by atoms with van der Waals surface area (Å²) in [5, 5.41) is 56.8. The lowest BCUT2D eigenvalue weighted by Gasteiger charge is -2.32. The normalized spacial score (nSPS) is 13.8. The van der Waals surface area contributed by atoms with Crippen LogP contribution in [0.2, 0.25) is 20.1 Å². The first-order valence-electron chi connectivity index (χ1n) is 42.8. The number of carboxylic acid groups (broad SMARTS) is 3. The van der Waals surface area contributed by atoms with Gasteiger partial charge in [0.1, 0.15) is 92.8 Å². The number of alkyl halides is 2. The lowest BCUT2D eigenvalue weighted by Crippen LogP contribution is -2.41. The van der Waals surface area contributed by atoms with Crippen molar-refractivity contribution >= 4 is 180 Å². The van der Waals surface area contributed by atoms with Gasteiger partial charge < -0.3 is 76.6 Å². The minimum absolute atomic E-state index is 0.0542. The number of nitrogens with two attached hydrogens (primary N) is 4. The van der Waals surface area contributed by atoms with Crippen LogP contribution in [0, 0.1) is 76.0 Å². The molecule has 0 bridgehead atoms. The smallest absolute Gasteiger partial charge is 0.478 e. The highest BCUT2D eigenvalue weighted by Crippen LogP contribution is 2.40. The van der Waals surface area contributed by atoms with Crippen LogP contribution in [0.5, 0.6) is 0 Å². The Balaban J connectivity index is 0.000000255. The molecule has 0 unspecified atom stereocenters. The van der Waals surface area contributed by atoms with E-state index in [1.165, 1.54) is 60.7 Å². The van der Waals surface area contributed by atoms with Crippen molar-refractivity contribution in [1.29, 1.82) is 15.8 Å². The van der Waals surface area contributed by atoms with Gasteiger partial charge in [-0.2, -0.15) is 15.8 Å². The first kappa shape index (κ1) is 117. The molecule has 15 rings (SSSR count). The molecule has 4 aliphatic heterocycles. The lowest BCUT2D eigenvalue weighted by molar-refractivity contribution is 0.00578. The number of amides is 1. The second-order valence-electron chi connectivity index (χ2n) is 31.2. The van der Waals surface area contributed by atoms with Crippen molar-refractivity contribution < 1.29 is 109 Å². The van der Waals surface area contributed by atoms with Gasteiger partial charge in [0.25, 0.3) is 5.91 Å². The maximum Gasteiger partial charge on any atom is 0.498 e. The number of anilines is 3. The quantitative estimate of drug-likeness (QED) is 0.0155. The Hall–Kier alpha value is -11.4. The Morgan fingerprint density at radius 2 is 0.837 bits per heavy atom. The van der Waals surface area contributed by atoms with Crippen LogP contribution in [-0.4, -0.2) is 150 Å². The molecule has 744 valence electrons. The number of benzene rings is 8. The van der Waals surface area contributed by atoms with Gasteiger partial charge in [-0.1, -0.05) is 136 Å². The molecule has 4 aliphatic rings. The second kappa shape index (κ2) is 58.2. The number of aromatic nitrogens is 3. The van der Waals surface area contributed by atoms with E-state index < -0.39 is 90.5 Å². The number of nitriles is 3. The zero-order valence-corrected chi connectivity index (χ0v) is 86.1. The third kappa shape index (κ3) is 34.4. The Morgan fingerprint density at radius 3 is 1.22 bits per heavy atom. The highest BCUT2D eigenvalue weighted by Gasteiger charge is 2.52. The predicted octanol–water partition coefficient (Wildman–Crippen LogP) is 21.7. The third-order valence-corrected chi connectivity index (χ3v) is 24.2. The number of carbonyl (C=O) groups is 6. The van der Waals surface area contributed by atoms with Crippen molar-refractivity contribution in [2.45, 2.75) is 108 Å². The number of aromatic carboxylic acids is 3. The van der Waals surface area contributed by atoms with Gasteiger partial charge in [-0.05, 0) is 264 Å². The minimum atomic E-state index is -1.48. The molecule has 4 saturated heterocycles. The van der Waals surface area contributed by atoms with Gasteiger partial charge >= 0.3 is 37.0 Å². The average Bonchev–Trinajstić information content (AvgIpc) is 1.32. The van der Waals surface area contributed by atoms with Crippen molar-refractivity contribution in [1.82, 2.24) is 20.3 Å². The van der Waals surface area contributed by atoms with Crippen LogP contribution in [0.25, 0.3) is 22.3 Å². The summed E-state index contributed by atoms with van der Waals surface area (Å²) in [6.07, 6.45) is 10.8. The molecule has 0 atom stereocenters. The zero-order chi connectivity index (χ0) is 105. The van der Waals surface area contributed by atoms with E-state index >= 15 is 4.39 Å². The summed E-state index contributed by atoms with van der Waals surface area (Å²) in [4.78, 5) is 81.4. The first-order valence-corrected chi connectivity index (χ1v) is 48.0. The zero-order valence-electron chi connectivity index (χ0n) is 77.6. The highest BCUT2D eigenvalue weighted by molar-refractivity contribution is 14.1. The molecule has 0 spiro atoms. The number of halogens is 14. The number of rotatable bonds is 15. The molecule has 12 N–H and O–H groups in total. The number of pyridine rings is 3. The number of ether oxygens (including phenoxy) is 5. The fraction of sp³-hybridized carbons (Fsp3) is 0.273. The van der Waals surface area contributed by atoms with E-state index in [2.05, 4.69) is 58.4 Å². The fourth-order valence-corrected chi connectivity index (χ4v) is 16.5. The largest absolute Gasteiger partial charge is 0.498 e. The molecule has 27 nitrogen and oxygen atoms in total.